The molecule has 1 fully saturated rings. The van der Waals surface area contributed by atoms with Gasteiger partial charge in [-0.2, -0.15) is 0 Å². The zero-order chi connectivity index (χ0) is 21.2. The Hall–Kier alpha value is -2.39. The molecule has 1 aromatic rings. The van der Waals surface area contributed by atoms with E-state index in [0.717, 1.165) is 9.87 Å². The zero-order valence-electron chi connectivity index (χ0n) is 16.8. The number of carbonyl (C=O) groups excluding carboxylic acids is 2. The van der Waals surface area contributed by atoms with E-state index in [1.807, 2.05) is 20.8 Å². The van der Waals surface area contributed by atoms with E-state index in [9.17, 15) is 18.0 Å². The van der Waals surface area contributed by atoms with Crippen LogP contribution in [-0.2, 0) is 24.3 Å². The normalized spacial score (nSPS) is 24.1. The van der Waals surface area contributed by atoms with Crippen molar-refractivity contribution in [1.29, 1.82) is 0 Å². The maximum atomic E-state index is 13.1. The van der Waals surface area contributed by atoms with Gasteiger partial charge in [0.1, 0.15) is 6.04 Å². The third kappa shape index (κ3) is 4.62. The summed E-state index contributed by atoms with van der Waals surface area (Å²) in [6, 6.07) is 5.10. The molecule has 0 aliphatic carbocycles. The van der Waals surface area contributed by atoms with Crippen LogP contribution in [0.3, 0.4) is 0 Å². The number of aryl methyl sites for hydroxylation is 1. The number of sulfonamides is 1. The second kappa shape index (κ2) is 8.16. The van der Waals surface area contributed by atoms with Gasteiger partial charge in [0.15, 0.2) is 0 Å². The quantitative estimate of drug-likeness (QED) is 0.745. The lowest BCUT2D eigenvalue weighted by atomic mass is 9.82. The molecular weight excluding hydrogens is 394 g/mol. The molecule has 3 rings (SSSR count). The molecule has 2 atom stereocenters. The van der Waals surface area contributed by atoms with Gasteiger partial charge in [0.2, 0.25) is 11.8 Å². The topological polar surface area (TPSA) is 105 Å². The SMILES string of the molecule is Cc1ccc(S(=O)(=O)N2C=CNC(=O)[C@H]2CC(=O)N[C@@H]2CCOCC2(C)C)cc1. The van der Waals surface area contributed by atoms with Crippen LogP contribution in [0.1, 0.15) is 32.3 Å². The first-order chi connectivity index (χ1) is 13.6. The summed E-state index contributed by atoms with van der Waals surface area (Å²) in [6.07, 6.45) is 2.95. The Morgan fingerprint density at radius 3 is 2.66 bits per heavy atom. The van der Waals surface area contributed by atoms with Gasteiger partial charge in [0.25, 0.3) is 10.0 Å². The minimum absolute atomic E-state index is 0.0680. The van der Waals surface area contributed by atoms with Crippen LogP contribution in [0.25, 0.3) is 0 Å². The Kier molecular flexibility index (Phi) is 6.00. The Morgan fingerprint density at radius 1 is 1.31 bits per heavy atom. The fourth-order valence-electron chi connectivity index (χ4n) is 3.49. The van der Waals surface area contributed by atoms with Gasteiger partial charge in [-0.05, 0) is 25.5 Å². The van der Waals surface area contributed by atoms with Crippen molar-refractivity contribution in [2.24, 2.45) is 5.41 Å². The third-order valence-corrected chi connectivity index (χ3v) is 7.13. The van der Waals surface area contributed by atoms with Crippen molar-refractivity contribution in [3.05, 3.63) is 42.2 Å². The minimum Gasteiger partial charge on any atom is -0.381 e. The van der Waals surface area contributed by atoms with E-state index in [1.54, 1.807) is 12.1 Å². The Balaban J connectivity index is 1.79. The molecule has 1 aromatic carbocycles. The number of hydrogen-bond acceptors (Lipinski definition) is 5. The van der Waals surface area contributed by atoms with Gasteiger partial charge in [-0.25, -0.2) is 8.42 Å². The molecule has 158 valence electrons. The number of benzene rings is 1. The molecule has 0 unspecified atom stereocenters. The average Bonchev–Trinajstić information content (AvgIpc) is 2.65. The number of rotatable bonds is 5. The van der Waals surface area contributed by atoms with Crippen molar-refractivity contribution in [1.82, 2.24) is 14.9 Å². The molecule has 0 saturated carbocycles. The van der Waals surface area contributed by atoms with Crippen molar-refractivity contribution in [3.63, 3.8) is 0 Å². The van der Waals surface area contributed by atoms with E-state index in [-0.39, 0.29) is 28.7 Å². The summed E-state index contributed by atoms with van der Waals surface area (Å²) in [6.45, 7) is 6.94. The molecule has 2 amide bonds. The number of nitrogens with one attached hydrogen (secondary N) is 2. The van der Waals surface area contributed by atoms with Crippen molar-refractivity contribution in [2.75, 3.05) is 13.2 Å². The Bertz CT molecular complexity index is 909. The summed E-state index contributed by atoms with van der Waals surface area (Å²) in [5.74, 6) is -0.908. The van der Waals surface area contributed by atoms with E-state index < -0.39 is 22.0 Å². The summed E-state index contributed by atoms with van der Waals surface area (Å²) in [4.78, 5) is 25.2. The molecule has 0 aromatic heterocycles. The number of amides is 2. The maximum absolute atomic E-state index is 13.1. The molecule has 2 aliphatic heterocycles. The van der Waals surface area contributed by atoms with Crippen molar-refractivity contribution >= 4 is 21.8 Å². The van der Waals surface area contributed by atoms with E-state index >= 15 is 0 Å². The maximum Gasteiger partial charge on any atom is 0.264 e. The van der Waals surface area contributed by atoms with E-state index in [2.05, 4.69) is 10.6 Å². The fraction of sp³-hybridized carbons (Fsp3) is 0.500. The number of carbonyl (C=O) groups is 2. The fourth-order valence-corrected chi connectivity index (χ4v) is 4.94. The Labute approximate surface area is 171 Å². The summed E-state index contributed by atoms with van der Waals surface area (Å²) < 4.78 is 32.6. The van der Waals surface area contributed by atoms with Crippen LogP contribution in [0.4, 0.5) is 0 Å². The van der Waals surface area contributed by atoms with Gasteiger partial charge >= 0.3 is 0 Å². The van der Waals surface area contributed by atoms with Crippen molar-refractivity contribution in [2.45, 2.75) is 50.6 Å². The summed E-state index contributed by atoms with van der Waals surface area (Å²) in [5, 5.41) is 5.45. The first-order valence-corrected chi connectivity index (χ1v) is 11.0. The summed E-state index contributed by atoms with van der Waals surface area (Å²) in [5.41, 5.74) is 0.682. The highest BCUT2D eigenvalue weighted by Crippen LogP contribution is 2.28. The van der Waals surface area contributed by atoms with Crippen LogP contribution in [0.5, 0.6) is 0 Å². The number of ether oxygens (including phenoxy) is 1. The molecule has 0 bridgehead atoms. The largest absolute Gasteiger partial charge is 0.381 e. The average molecular weight is 422 g/mol. The van der Waals surface area contributed by atoms with Crippen LogP contribution in [-0.4, -0.2) is 49.8 Å². The number of nitrogens with zero attached hydrogens (tertiary/aromatic N) is 1. The van der Waals surface area contributed by atoms with E-state index in [4.69, 9.17) is 4.74 Å². The monoisotopic (exact) mass is 421 g/mol. The molecule has 2 aliphatic rings. The molecular formula is C20H27N3O5S. The van der Waals surface area contributed by atoms with Gasteiger partial charge < -0.3 is 15.4 Å². The van der Waals surface area contributed by atoms with Crippen molar-refractivity contribution < 1.29 is 22.7 Å². The molecule has 2 heterocycles. The van der Waals surface area contributed by atoms with E-state index in [0.29, 0.717) is 19.6 Å². The smallest absolute Gasteiger partial charge is 0.264 e. The predicted molar refractivity (Wildman–Crippen MR) is 107 cm³/mol. The molecule has 9 heteroatoms. The summed E-state index contributed by atoms with van der Waals surface area (Å²) in [7, 11) is -3.98. The van der Waals surface area contributed by atoms with Crippen LogP contribution in [0.15, 0.2) is 41.6 Å². The lowest BCUT2D eigenvalue weighted by molar-refractivity contribution is -0.131. The lowest BCUT2D eigenvalue weighted by Gasteiger charge is -2.39. The second-order valence-electron chi connectivity index (χ2n) is 8.14. The zero-order valence-corrected chi connectivity index (χ0v) is 17.7. The molecule has 2 N–H and O–H groups in total. The first-order valence-electron chi connectivity index (χ1n) is 9.56. The molecule has 8 nitrogen and oxygen atoms in total. The third-order valence-electron chi connectivity index (χ3n) is 5.34. The van der Waals surface area contributed by atoms with Gasteiger partial charge in [-0.1, -0.05) is 31.5 Å². The first kappa shape index (κ1) is 21.3. The van der Waals surface area contributed by atoms with Crippen LogP contribution in [0.2, 0.25) is 0 Å². The highest BCUT2D eigenvalue weighted by atomic mass is 32.2. The van der Waals surface area contributed by atoms with Gasteiger partial charge in [-0.15, -0.1) is 0 Å². The molecule has 1 saturated heterocycles. The predicted octanol–water partition coefficient (Wildman–Crippen LogP) is 1.28. The molecule has 0 radical (unpaired) electrons. The molecule has 29 heavy (non-hydrogen) atoms. The van der Waals surface area contributed by atoms with Gasteiger partial charge in [0.05, 0.1) is 17.9 Å². The lowest BCUT2D eigenvalue weighted by Crippen LogP contribution is -2.54. The second-order valence-corrected chi connectivity index (χ2v) is 9.99. The van der Waals surface area contributed by atoms with Crippen LogP contribution in [0, 0.1) is 12.3 Å². The van der Waals surface area contributed by atoms with Crippen LogP contribution < -0.4 is 10.6 Å². The standard InChI is InChI=1S/C20H27N3O5S/c1-14-4-6-15(7-5-14)29(26,27)23-10-9-21-19(25)16(23)12-18(24)22-17-8-11-28-13-20(17,2)3/h4-7,9-10,16-17H,8,11-13H2,1-3H3,(H,21,25)(H,22,24)/t16-,17-/m1/s1. The van der Waals surface area contributed by atoms with Gasteiger partial charge in [0, 0.05) is 30.5 Å². The summed E-state index contributed by atoms with van der Waals surface area (Å²) >= 11 is 0. The number of hydrogen-bond donors (Lipinski definition) is 2. The van der Waals surface area contributed by atoms with Crippen LogP contribution >= 0.6 is 0 Å². The minimum atomic E-state index is -3.98. The molecule has 0 spiro atoms. The highest BCUT2D eigenvalue weighted by molar-refractivity contribution is 7.89. The van der Waals surface area contributed by atoms with Gasteiger partial charge in [-0.3, -0.25) is 13.9 Å². The Morgan fingerprint density at radius 2 is 2.00 bits per heavy atom. The van der Waals surface area contributed by atoms with Crippen molar-refractivity contribution in [3.8, 4) is 0 Å². The van der Waals surface area contributed by atoms with E-state index in [1.165, 1.54) is 24.5 Å². The highest BCUT2D eigenvalue weighted by Gasteiger charge is 2.39.